The van der Waals surface area contributed by atoms with Gasteiger partial charge in [-0.25, -0.2) is 9.80 Å². The molecule has 0 aromatic heterocycles. The Hall–Kier alpha value is -2.49. The van der Waals surface area contributed by atoms with Gasteiger partial charge in [-0.2, -0.15) is 0 Å². The number of rotatable bonds is 11. The van der Waals surface area contributed by atoms with Gasteiger partial charge in [0.15, 0.2) is 0 Å². The van der Waals surface area contributed by atoms with Gasteiger partial charge in [0.1, 0.15) is 0 Å². The molecule has 0 unspecified atom stereocenters. The largest absolute Gasteiger partial charge is 0.459 e. The molecule has 168 valence electrons. The molecule has 0 aliphatic heterocycles. The van der Waals surface area contributed by atoms with Gasteiger partial charge >= 0.3 is 11.9 Å². The number of hydrazine groups is 2. The highest BCUT2D eigenvalue weighted by molar-refractivity contribution is 6.32. The highest BCUT2D eigenvalue weighted by Gasteiger charge is 2.24. The molecule has 2 amide bonds. The number of ether oxygens (including phenoxy) is 1. The van der Waals surface area contributed by atoms with Gasteiger partial charge in [-0.1, -0.05) is 58.0 Å². The van der Waals surface area contributed by atoms with E-state index in [1.54, 1.807) is 11.9 Å². The lowest BCUT2D eigenvalue weighted by molar-refractivity contribution is -0.160. The van der Waals surface area contributed by atoms with Gasteiger partial charge in [0, 0.05) is 13.1 Å². The van der Waals surface area contributed by atoms with E-state index in [0.29, 0.717) is 13.2 Å². The normalized spacial score (nSPS) is 11.1. The summed E-state index contributed by atoms with van der Waals surface area (Å²) in [6.07, 6.45) is 0. The Balaban J connectivity index is 2.72. The molecule has 9 nitrogen and oxygen atoms in total. The summed E-state index contributed by atoms with van der Waals surface area (Å²) in [4.78, 5) is 42.0. The van der Waals surface area contributed by atoms with Crippen LogP contribution in [0.4, 0.5) is 0 Å². The molecule has 0 saturated heterocycles. The molecular weight excluding hydrogens is 388 g/mol. The van der Waals surface area contributed by atoms with E-state index in [2.05, 4.69) is 15.8 Å². The van der Waals surface area contributed by atoms with Gasteiger partial charge in [0.2, 0.25) is 0 Å². The number of amides is 2. The number of hydrogen-bond donors (Lipinski definition) is 2. The van der Waals surface area contributed by atoms with E-state index in [4.69, 9.17) is 4.84 Å². The number of benzene rings is 1. The molecule has 0 aliphatic carbocycles. The lowest BCUT2D eigenvalue weighted by atomic mass is 10.2. The predicted molar refractivity (Wildman–Crippen MR) is 112 cm³/mol. The van der Waals surface area contributed by atoms with Crippen molar-refractivity contribution in [2.75, 3.05) is 26.2 Å². The molecule has 2 N–H and O–H groups in total. The summed E-state index contributed by atoms with van der Waals surface area (Å²) in [5.74, 6) is -2.04. The first-order chi connectivity index (χ1) is 14.2. The molecular formula is C21H34N4O5. The molecule has 0 atom stereocenters. The maximum Gasteiger partial charge on any atom is 0.398 e. The number of carbonyl (C=O) groups excluding carboxylic acids is 3. The standard InChI is InChI=1S/C21H34N4O5/c1-6-29-21(28)20(27)22-25(13-17(4)5)19(26)14-24(12-16(2)3)23-30-15-18-10-8-7-9-11-18/h7-11,16-17,23H,6,12-15H2,1-5H3,(H,22,27). The summed E-state index contributed by atoms with van der Waals surface area (Å²) in [5, 5.41) is 2.79. The Morgan fingerprint density at radius 1 is 1.00 bits per heavy atom. The first-order valence-corrected chi connectivity index (χ1v) is 10.2. The maximum absolute atomic E-state index is 12.8. The average Bonchev–Trinajstić information content (AvgIpc) is 2.67. The molecule has 9 heteroatoms. The van der Waals surface area contributed by atoms with E-state index in [1.807, 2.05) is 58.0 Å². The second kappa shape index (κ2) is 13.7. The number of esters is 1. The van der Waals surface area contributed by atoms with Crippen LogP contribution < -0.4 is 11.0 Å². The number of carbonyl (C=O) groups is 3. The topological polar surface area (TPSA) is 100 Å². The second-order valence-electron chi connectivity index (χ2n) is 7.70. The summed E-state index contributed by atoms with van der Waals surface area (Å²) in [6.45, 7) is 10.6. The van der Waals surface area contributed by atoms with Crippen LogP contribution in [0.15, 0.2) is 30.3 Å². The molecule has 1 rings (SSSR count). The van der Waals surface area contributed by atoms with Crippen molar-refractivity contribution in [2.45, 2.75) is 41.2 Å². The molecule has 30 heavy (non-hydrogen) atoms. The predicted octanol–water partition coefficient (Wildman–Crippen LogP) is 1.66. The molecule has 0 radical (unpaired) electrons. The second-order valence-corrected chi connectivity index (χ2v) is 7.70. The van der Waals surface area contributed by atoms with Crippen molar-refractivity contribution in [3.8, 4) is 0 Å². The van der Waals surface area contributed by atoms with Gasteiger partial charge < -0.3 is 4.74 Å². The molecule has 1 aromatic rings. The lowest BCUT2D eigenvalue weighted by Crippen LogP contribution is -2.55. The van der Waals surface area contributed by atoms with Crippen LogP contribution in [-0.4, -0.2) is 54.0 Å². The first-order valence-electron chi connectivity index (χ1n) is 10.2. The van der Waals surface area contributed by atoms with Crippen LogP contribution in [0.5, 0.6) is 0 Å². The minimum absolute atomic E-state index is 0.0528. The fourth-order valence-corrected chi connectivity index (χ4v) is 2.54. The van der Waals surface area contributed by atoms with Crippen molar-refractivity contribution in [1.82, 2.24) is 21.0 Å². The van der Waals surface area contributed by atoms with E-state index in [1.165, 1.54) is 0 Å². The van der Waals surface area contributed by atoms with E-state index >= 15 is 0 Å². The van der Waals surface area contributed by atoms with Gasteiger partial charge in [-0.3, -0.25) is 24.9 Å². The van der Waals surface area contributed by atoms with Crippen LogP contribution >= 0.6 is 0 Å². The number of hydrogen-bond acceptors (Lipinski definition) is 7. The van der Waals surface area contributed by atoms with Crippen molar-refractivity contribution in [2.24, 2.45) is 11.8 Å². The monoisotopic (exact) mass is 422 g/mol. The number of nitrogens with one attached hydrogen (secondary N) is 2. The molecule has 0 spiro atoms. The van der Waals surface area contributed by atoms with E-state index in [0.717, 1.165) is 10.6 Å². The van der Waals surface area contributed by atoms with E-state index < -0.39 is 11.9 Å². The Labute approximate surface area is 178 Å². The zero-order valence-electron chi connectivity index (χ0n) is 18.5. The van der Waals surface area contributed by atoms with Gasteiger partial charge in [-0.15, -0.1) is 5.59 Å². The highest BCUT2D eigenvalue weighted by atomic mass is 16.7. The maximum atomic E-state index is 12.8. The molecule has 0 bridgehead atoms. The van der Waals surface area contributed by atoms with Crippen LogP contribution in [0.3, 0.4) is 0 Å². The zero-order chi connectivity index (χ0) is 22.5. The third-order valence-electron chi connectivity index (χ3n) is 3.73. The van der Waals surface area contributed by atoms with Crippen molar-refractivity contribution in [3.63, 3.8) is 0 Å². The van der Waals surface area contributed by atoms with Crippen LogP contribution in [0.25, 0.3) is 0 Å². The third-order valence-corrected chi connectivity index (χ3v) is 3.73. The van der Waals surface area contributed by atoms with Crippen LogP contribution in [0.2, 0.25) is 0 Å². The minimum atomic E-state index is -1.03. The molecule has 0 heterocycles. The van der Waals surface area contributed by atoms with Crippen LogP contribution in [0, 0.1) is 11.8 Å². The fourth-order valence-electron chi connectivity index (χ4n) is 2.54. The lowest BCUT2D eigenvalue weighted by Gasteiger charge is -2.29. The summed E-state index contributed by atoms with van der Waals surface area (Å²) in [6, 6.07) is 9.65. The Morgan fingerprint density at radius 3 is 2.20 bits per heavy atom. The Bertz CT molecular complexity index is 667. The molecule has 0 saturated carbocycles. The zero-order valence-corrected chi connectivity index (χ0v) is 18.5. The SMILES string of the molecule is CCOC(=O)C(=O)NN(CC(C)C)C(=O)CN(CC(C)C)NOCc1ccccc1. The Kier molecular flexibility index (Phi) is 11.7. The summed E-state index contributed by atoms with van der Waals surface area (Å²) in [7, 11) is 0. The third kappa shape index (κ3) is 10.3. The molecule has 0 fully saturated rings. The van der Waals surface area contributed by atoms with Crippen LogP contribution in [-0.2, 0) is 30.6 Å². The quantitative estimate of drug-likeness (QED) is 0.318. The minimum Gasteiger partial charge on any atom is -0.459 e. The van der Waals surface area contributed by atoms with Crippen molar-refractivity contribution in [3.05, 3.63) is 35.9 Å². The van der Waals surface area contributed by atoms with Crippen molar-refractivity contribution in [1.29, 1.82) is 0 Å². The van der Waals surface area contributed by atoms with Crippen molar-refractivity contribution >= 4 is 17.8 Å². The number of nitrogens with zero attached hydrogens (tertiary/aromatic N) is 2. The van der Waals surface area contributed by atoms with Gasteiger partial charge in [-0.05, 0) is 24.3 Å². The van der Waals surface area contributed by atoms with Gasteiger partial charge in [0.25, 0.3) is 5.91 Å². The summed E-state index contributed by atoms with van der Waals surface area (Å²) < 4.78 is 4.69. The Morgan fingerprint density at radius 2 is 1.63 bits per heavy atom. The fraction of sp³-hybridized carbons (Fsp3) is 0.571. The average molecular weight is 423 g/mol. The molecule has 0 aliphatic rings. The first kappa shape index (κ1) is 25.5. The van der Waals surface area contributed by atoms with Gasteiger partial charge in [0.05, 0.1) is 19.8 Å². The highest BCUT2D eigenvalue weighted by Crippen LogP contribution is 2.03. The summed E-state index contributed by atoms with van der Waals surface area (Å²) in [5.41, 5.74) is 6.15. The van der Waals surface area contributed by atoms with E-state index in [-0.39, 0.29) is 37.4 Å². The van der Waals surface area contributed by atoms with Crippen molar-refractivity contribution < 1.29 is 24.0 Å². The van der Waals surface area contributed by atoms with E-state index in [9.17, 15) is 14.4 Å². The summed E-state index contributed by atoms with van der Waals surface area (Å²) >= 11 is 0. The van der Waals surface area contributed by atoms with Crippen LogP contribution in [0.1, 0.15) is 40.2 Å². The molecule has 1 aromatic carbocycles. The smallest absolute Gasteiger partial charge is 0.398 e.